The molecule has 1 aromatic carbocycles. The molecule has 1 aromatic rings. The second-order valence-electron chi connectivity index (χ2n) is 4.04. The van der Waals surface area contributed by atoms with E-state index >= 15 is 0 Å². The van der Waals surface area contributed by atoms with Gasteiger partial charge in [0.15, 0.2) is 5.25 Å². The van der Waals surface area contributed by atoms with E-state index in [0.29, 0.717) is 15.6 Å². The number of nitrogens with zero attached hydrogens (tertiary/aromatic N) is 2. The molecule has 0 N–H and O–H groups in total. The molecule has 0 radical (unpaired) electrons. The lowest BCUT2D eigenvalue weighted by molar-refractivity contribution is 0.460. The first-order valence-corrected chi connectivity index (χ1v) is 7.88. The van der Waals surface area contributed by atoms with E-state index in [2.05, 4.69) is 0 Å². The number of hydrogen-bond acceptors (Lipinski definition) is 3. The maximum atomic E-state index is 12.1. The van der Waals surface area contributed by atoms with Crippen LogP contribution in [-0.2, 0) is 16.6 Å². The lowest BCUT2D eigenvalue weighted by Gasteiger charge is -2.20. The minimum Gasteiger partial charge on any atom is -0.211 e. The van der Waals surface area contributed by atoms with Gasteiger partial charge in [-0.3, -0.25) is 0 Å². The molecule has 0 saturated heterocycles. The summed E-state index contributed by atoms with van der Waals surface area (Å²) in [6.45, 7) is 1.74. The van der Waals surface area contributed by atoms with Crippen LogP contribution in [0.5, 0.6) is 0 Å². The third-order valence-corrected chi connectivity index (χ3v) is 5.75. The van der Waals surface area contributed by atoms with Crippen LogP contribution in [0.1, 0.15) is 18.9 Å². The van der Waals surface area contributed by atoms with Crippen molar-refractivity contribution in [3.05, 3.63) is 33.8 Å². The molecule has 1 atom stereocenters. The highest BCUT2D eigenvalue weighted by Gasteiger charge is 2.28. The summed E-state index contributed by atoms with van der Waals surface area (Å²) in [6, 6.07) is 6.83. The van der Waals surface area contributed by atoms with Crippen LogP contribution in [0.2, 0.25) is 10.0 Å². The molecule has 1 rings (SSSR count). The van der Waals surface area contributed by atoms with Gasteiger partial charge in [-0.1, -0.05) is 42.3 Å². The van der Waals surface area contributed by atoms with Gasteiger partial charge in [0.2, 0.25) is 10.0 Å². The maximum Gasteiger partial charge on any atom is 0.230 e. The molecule has 0 aliphatic heterocycles. The molecule has 0 fully saturated rings. The fraction of sp³-hybridized carbons (Fsp3) is 0.417. The molecule has 0 aliphatic carbocycles. The van der Waals surface area contributed by atoms with E-state index in [4.69, 9.17) is 28.5 Å². The summed E-state index contributed by atoms with van der Waals surface area (Å²) in [6.07, 6.45) is 0.243. The van der Waals surface area contributed by atoms with Crippen molar-refractivity contribution in [2.45, 2.75) is 25.1 Å². The quantitative estimate of drug-likeness (QED) is 0.837. The zero-order valence-corrected chi connectivity index (χ0v) is 12.9. The number of benzene rings is 1. The van der Waals surface area contributed by atoms with Crippen LogP contribution in [0.3, 0.4) is 0 Å². The lowest BCUT2D eigenvalue weighted by atomic mass is 10.2. The summed E-state index contributed by atoms with van der Waals surface area (Å²) >= 11 is 11.9. The standard InChI is InChI=1S/C12H14Cl2N2O2S/c1-3-10(7-15)19(17,18)16(2)8-9-5-4-6-11(13)12(9)14/h4-6,10H,3,8H2,1-2H3/t10-/m0/s1. The van der Waals surface area contributed by atoms with Crippen molar-refractivity contribution in [3.8, 4) is 6.07 Å². The minimum absolute atomic E-state index is 0.0832. The van der Waals surface area contributed by atoms with Crippen LogP contribution in [0.25, 0.3) is 0 Å². The van der Waals surface area contributed by atoms with E-state index in [1.165, 1.54) is 7.05 Å². The average molecular weight is 321 g/mol. The van der Waals surface area contributed by atoms with Gasteiger partial charge in [0.1, 0.15) is 0 Å². The van der Waals surface area contributed by atoms with Crippen LogP contribution in [-0.4, -0.2) is 25.0 Å². The van der Waals surface area contributed by atoms with Crippen LogP contribution in [0.4, 0.5) is 0 Å². The van der Waals surface area contributed by atoms with Crippen molar-refractivity contribution in [3.63, 3.8) is 0 Å². The number of rotatable bonds is 5. The van der Waals surface area contributed by atoms with Crippen LogP contribution >= 0.6 is 23.2 Å². The lowest BCUT2D eigenvalue weighted by Crippen LogP contribution is -2.34. The first-order chi connectivity index (χ1) is 8.84. The Hall–Kier alpha value is -0.800. The van der Waals surface area contributed by atoms with Gasteiger partial charge in [-0.2, -0.15) is 9.57 Å². The normalized spacial score (nSPS) is 13.3. The highest BCUT2D eigenvalue weighted by atomic mass is 35.5. The predicted octanol–water partition coefficient (Wildman–Crippen LogP) is 3.06. The van der Waals surface area contributed by atoms with E-state index in [-0.39, 0.29) is 13.0 Å². The largest absolute Gasteiger partial charge is 0.230 e. The molecule has 0 heterocycles. The SMILES string of the molecule is CC[C@@H](C#N)S(=O)(=O)N(C)Cc1cccc(Cl)c1Cl. The van der Waals surface area contributed by atoms with Crippen molar-refractivity contribution in [1.29, 1.82) is 5.26 Å². The predicted molar refractivity (Wildman–Crippen MR) is 76.5 cm³/mol. The highest BCUT2D eigenvalue weighted by Crippen LogP contribution is 2.27. The Bertz CT molecular complexity index is 596. The Morgan fingerprint density at radius 3 is 2.58 bits per heavy atom. The molecule has 0 spiro atoms. The van der Waals surface area contributed by atoms with Gasteiger partial charge in [0.05, 0.1) is 16.1 Å². The van der Waals surface area contributed by atoms with Gasteiger partial charge in [0.25, 0.3) is 0 Å². The number of hydrogen-bond donors (Lipinski definition) is 0. The van der Waals surface area contributed by atoms with E-state index < -0.39 is 15.3 Å². The molecule has 104 valence electrons. The summed E-state index contributed by atoms with van der Waals surface area (Å²) in [7, 11) is -2.24. The second-order valence-corrected chi connectivity index (χ2v) is 7.05. The van der Waals surface area contributed by atoms with Crippen molar-refractivity contribution in [2.75, 3.05) is 7.05 Å². The molecular weight excluding hydrogens is 307 g/mol. The zero-order valence-electron chi connectivity index (χ0n) is 10.6. The minimum atomic E-state index is -3.66. The van der Waals surface area contributed by atoms with Crippen molar-refractivity contribution < 1.29 is 8.42 Å². The highest BCUT2D eigenvalue weighted by molar-refractivity contribution is 7.89. The molecule has 0 bridgehead atoms. The molecule has 7 heteroatoms. The van der Waals surface area contributed by atoms with E-state index in [1.54, 1.807) is 31.2 Å². The smallest absolute Gasteiger partial charge is 0.211 e. The first-order valence-electron chi connectivity index (χ1n) is 5.62. The van der Waals surface area contributed by atoms with Gasteiger partial charge in [0, 0.05) is 13.6 Å². The summed E-state index contributed by atoms with van der Waals surface area (Å²) in [5, 5.41) is 8.53. The van der Waals surface area contributed by atoms with Crippen LogP contribution < -0.4 is 0 Å². The molecule has 0 unspecified atom stereocenters. The molecule has 0 amide bonds. The van der Waals surface area contributed by atoms with Crippen molar-refractivity contribution >= 4 is 33.2 Å². The van der Waals surface area contributed by atoms with Gasteiger partial charge in [-0.05, 0) is 18.1 Å². The van der Waals surface area contributed by atoms with E-state index in [9.17, 15) is 8.42 Å². The fourth-order valence-electron chi connectivity index (χ4n) is 1.59. The third kappa shape index (κ3) is 3.61. The molecular formula is C12H14Cl2N2O2S. The monoisotopic (exact) mass is 320 g/mol. The summed E-state index contributed by atoms with van der Waals surface area (Å²) < 4.78 is 25.4. The second kappa shape index (κ2) is 6.58. The van der Waals surface area contributed by atoms with Crippen molar-refractivity contribution in [1.82, 2.24) is 4.31 Å². The topological polar surface area (TPSA) is 61.2 Å². The molecule has 0 saturated carbocycles. The number of halogens is 2. The van der Waals surface area contributed by atoms with E-state index in [0.717, 1.165) is 4.31 Å². The average Bonchev–Trinajstić information content (AvgIpc) is 2.36. The molecule has 4 nitrogen and oxygen atoms in total. The van der Waals surface area contributed by atoms with Gasteiger partial charge < -0.3 is 0 Å². The van der Waals surface area contributed by atoms with Gasteiger partial charge >= 0.3 is 0 Å². The Morgan fingerprint density at radius 1 is 1.42 bits per heavy atom. The Balaban J connectivity index is 3.00. The Kier molecular flexibility index (Phi) is 5.63. The summed E-state index contributed by atoms with van der Waals surface area (Å²) in [5.74, 6) is 0. The van der Waals surface area contributed by atoms with Crippen molar-refractivity contribution in [2.24, 2.45) is 0 Å². The molecule has 0 aliphatic rings. The zero-order chi connectivity index (χ0) is 14.6. The summed E-state index contributed by atoms with van der Waals surface area (Å²) in [5.41, 5.74) is 0.605. The Labute approximate surface area is 123 Å². The molecule has 19 heavy (non-hydrogen) atoms. The van der Waals surface area contributed by atoms with Crippen LogP contribution in [0, 0.1) is 11.3 Å². The first kappa shape index (κ1) is 16.3. The van der Waals surface area contributed by atoms with Gasteiger partial charge in [-0.25, -0.2) is 8.42 Å². The Morgan fingerprint density at radius 2 is 2.05 bits per heavy atom. The third-order valence-electron chi connectivity index (χ3n) is 2.73. The maximum absolute atomic E-state index is 12.1. The van der Waals surface area contributed by atoms with Gasteiger partial charge in [-0.15, -0.1) is 0 Å². The number of sulfonamides is 1. The fourth-order valence-corrected chi connectivity index (χ4v) is 3.27. The summed E-state index contributed by atoms with van der Waals surface area (Å²) in [4.78, 5) is 0. The van der Waals surface area contributed by atoms with Crippen LogP contribution in [0.15, 0.2) is 18.2 Å². The van der Waals surface area contributed by atoms with E-state index in [1.807, 2.05) is 0 Å². The molecule has 0 aromatic heterocycles. The number of nitriles is 1.